The summed E-state index contributed by atoms with van der Waals surface area (Å²) in [5.74, 6) is -0.545. The Bertz CT molecular complexity index is 1420. The van der Waals surface area contributed by atoms with Crippen molar-refractivity contribution < 1.29 is 17.9 Å². The second kappa shape index (κ2) is 10.5. The van der Waals surface area contributed by atoms with Gasteiger partial charge in [-0.1, -0.05) is 37.3 Å². The third kappa shape index (κ3) is 5.16. The first-order chi connectivity index (χ1) is 16.8. The molecule has 11 heteroatoms. The lowest BCUT2D eigenvalue weighted by molar-refractivity contribution is 0.0730. The van der Waals surface area contributed by atoms with Crippen molar-refractivity contribution in [2.45, 2.75) is 31.7 Å². The van der Waals surface area contributed by atoms with Crippen molar-refractivity contribution in [2.75, 3.05) is 26.3 Å². The van der Waals surface area contributed by atoms with Crippen molar-refractivity contribution in [3.8, 4) is 0 Å². The number of nitrogens with zero attached hydrogens (tertiary/aromatic N) is 4. The fourth-order valence-corrected chi connectivity index (χ4v) is 5.23. The van der Waals surface area contributed by atoms with Crippen LogP contribution in [-0.2, 0) is 21.3 Å². The molecule has 1 aliphatic rings. The zero-order valence-electron chi connectivity index (χ0n) is 19.6. The van der Waals surface area contributed by atoms with Crippen LogP contribution in [0.5, 0.6) is 0 Å². The van der Waals surface area contributed by atoms with Gasteiger partial charge in [-0.2, -0.15) is 14.5 Å². The maximum absolute atomic E-state index is 12.9. The monoisotopic (exact) mass is 497 g/mol. The number of aromatic nitrogens is 2. The second-order valence-corrected chi connectivity index (χ2v) is 10.0. The summed E-state index contributed by atoms with van der Waals surface area (Å²) in [6.45, 7) is 5.43. The lowest BCUT2D eigenvalue weighted by Crippen LogP contribution is -2.40. The standard InChI is InChI=1S/C24H27N5O5S/c1-3-12-29-24(31)21-7-5-4-6-20(21)22(27-29)23(30)26-25-17(2)18-8-10-19(11-9-18)35(32,33)28-13-15-34-16-14-28/h4-11H,3,12-16H2,1-2H3,(H,26,30)/b25-17+. The van der Waals surface area contributed by atoms with Gasteiger partial charge in [0.05, 0.1) is 29.2 Å². The van der Waals surface area contributed by atoms with Crippen LogP contribution < -0.4 is 11.0 Å². The Morgan fingerprint density at radius 2 is 1.74 bits per heavy atom. The van der Waals surface area contributed by atoms with Crippen LogP contribution in [0, 0.1) is 0 Å². The quantitative estimate of drug-likeness (QED) is 0.393. The van der Waals surface area contributed by atoms with E-state index in [2.05, 4.69) is 15.6 Å². The Hall–Kier alpha value is -3.41. The number of fused-ring (bicyclic) bond motifs is 1. The number of sulfonamides is 1. The van der Waals surface area contributed by atoms with Crippen LogP contribution in [0.1, 0.15) is 36.3 Å². The molecule has 0 radical (unpaired) electrons. The van der Waals surface area contributed by atoms with E-state index in [0.29, 0.717) is 61.3 Å². The van der Waals surface area contributed by atoms with E-state index in [1.807, 2.05) is 6.92 Å². The van der Waals surface area contributed by atoms with Crippen LogP contribution in [0.3, 0.4) is 0 Å². The molecule has 0 aliphatic carbocycles. The zero-order chi connectivity index (χ0) is 25.0. The van der Waals surface area contributed by atoms with Crippen molar-refractivity contribution >= 4 is 32.4 Å². The zero-order valence-corrected chi connectivity index (χ0v) is 20.4. The Kier molecular flexibility index (Phi) is 7.39. The molecule has 4 rings (SSSR count). The van der Waals surface area contributed by atoms with Crippen molar-refractivity contribution in [2.24, 2.45) is 5.10 Å². The number of hydrogen-bond acceptors (Lipinski definition) is 7. The van der Waals surface area contributed by atoms with Crippen LogP contribution in [0.2, 0.25) is 0 Å². The van der Waals surface area contributed by atoms with E-state index in [9.17, 15) is 18.0 Å². The average molecular weight is 498 g/mol. The van der Waals surface area contributed by atoms with Crippen molar-refractivity contribution in [3.05, 3.63) is 70.1 Å². The molecule has 2 heterocycles. The van der Waals surface area contributed by atoms with Crippen LogP contribution in [0.4, 0.5) is 0 Å². The van der Waals surface area contributed by atoms with E-state index < -0.39 is 15.9 Å². The number of amides is 1. The molecule has 10 nitrogen and oxygen atoms in total. The molecule has 0 spiro atoms. The number of benzene rings is 2. The van der Waals surface area contributed by atoms with Crippen molar-refractivity contribution in [3.63, 3.8) is 0 Å². The molecule has 3 aromatic rings. The van der Waals surface area contributed by atoms with Gasteiger partial charge in [0.15, 0.2) is 5.69 Å². The van der Waals surface area contributed by atoms with Gasteiger partial charge >= 0.3 is 0 Å². The number of hydrogen-bond donors (Lipinski definition) is 1. The highest BCUT2D eigenvalue weighted by molar-refractivity contribution is 7.89. The Balaban J connectivity index is 1.55. The molecule has 1 aliphatic heterocycles. The summed E-state index contributed by atoms with van der Waals surface area (Å²) in [5.41, 5.74) is 3.51. The summed E-state index contributed by atoms with van der Waals surface area (Å²) in [4.78, 5) is 25.8. The third-order valence-corrected chi connectivity index (χ3v) is 7.64. The van der Waals surface area contributed by atoms with Gasteiger partial charge in [-0.3, -0.25) is 9.59 Å². The maximum Gasteiger partial charge on any atom is 0.292 e. The normalized spacial score (nSPS) is 15.3. The fraction of sp³-hybridized carbons (Fsp3) is 0.333. The first-order valence-corrected chi connectivity index (χ1v) is 12.8. The van der Waals surface area contributed by atoms with Crippen molar-refractivity contribution in [1.29, 1.82) is 0 Å². The predicted molar refractivity (Wildman–Crippen MR) is 132 cm³/mol. The second-order valence-electron chi connectivity index (χ2n) is 8.10. The van der Waals surface area contributed by atoms with Gasteiger partial charge < -0.3 is 4.74 Å². The van der Waals surface area contributed by atoms with Crippen LogP contribution in [0.25, 0.3) is 10.8 Å². The molecular formula is C24H27N5O5S. The van der Waals surface area contributed by atoms with Crippen LogP contribution in [0.15, 0.2) is 63.3 Å². The number of aryl methyl sites for hydroxylation is 1. The molecule has 1 fully saturated rings. The van der Waals surface area contributed by atoms with Gasteiger partial charge in [-0.05, 0) is 37.1 Å². The number of carbonyl (C=O) groups is 1. The molecule has 0 atom stereocenters. The predicted octanol–water partition coefficient (Wildman–Crippen LogP) is 1.98. The van der Waals surface area contributed by atoms with Crippen LogP contribution >= 0.6 is 0 Å². The molecule has 1 aromatic heterocycles. The van der Waals surface area contributed by atoms with E-state index in [4.69, 9.17) is 4.74 Å². The summed E-state index contributed by atoms with van der Waals surface area (Å²) in [6.07, 6.45) is 0.695. The van der Waals surface area contributed by atoms with E-state index >= 15 is 0 Å². The molecule has 0 bridgehead atoms. The largest absolute Gasteiger partial charge is 0.379 e. The third-order valence-electron chi connectivity index (χ3n) is 5.72. The summed E-state index contributed by atoms with van der Waals surface area (Å²) in [6, 6.07) is 13.2. The molecule has 1 saturated heterocycles. The SMILES string of the molecule is CCCn1nc(C(=O)N/N=C(\C)c2ccc(S(=O)(=O)N3CCOCC3)cc2)c2ccccc2c1=O. The highest BCUT2D eigenvalue weighted by Crippen LogP contribution is 2.18. The summed E-state index contributed by atoms with van der Waals surface area (Å²) >= 11 is 0. The highest BCUT2D eigenvalue weighted by atomic mass is 32.2. The molecule has 35 heavy (non-hydrogen) atoms. The molecule has 1 amide bonds. The molecule has 1 N–H and O–H groups in total. The number of morpholine rings is 1. The van der Waals surface area contributed by atoms with Gasteiger partial charge in [-0.15, -0.1) is 0 Å². The Labute approximate surface area is 203 Å². The minimum Gasteiger partial charge on any atom is -0.379 e. The smallest absolute Gasteiger partial charge is 0.292 e. The molecular weight excluding hydrogens is 470 g/mol. The lowest BCUT2D eigenvalue weighted by atomic mass is 10.1. The maximum atomic E-state index is 12.9. The first kappa shape index (κ1) is 24.7. The van der Waals surface area contributed by atoms with Gasteiger partial charge in [0.1, 0.15) is 0 Å². The number of carbonyl (C=O) groups excluding carboxylic acids is 1. The summed E-state index contributed by atoms with van der Waals surface area (Å²) in [7, 11) is -3.59. The number of ether oxygens (including phenoxy) is 1. The number of nitrogens with one attached hydrogen (secondary N) is 1. The van der Waals surface area contributed by atoms with E-state index in [1.54, 1.807) is 43.3 Å². The topological polar surface area (TPSA) is 123 Å². The summed E-state index contributed by atoms with van der Waals surface area (Å²) < 4.78 is 33.5. The molecule has 184 valence electrons. The lowest BCUT2D eigenvalue weighted by Gasteiger charge is -2.26. The van der Waals surface area contributed by atoms with Crippen LogP contribution in [-0.4, -0.2) is 60.4 Å². The number of hydrazone groups is 1. The van der Waals surface area contributed by atoms with Gasteiger partial charge in [-0.25, -0.2) is 18.5 Å². The van der Waals surface area contributed by atoms with E-state index in [0.717, 1.165) is 0 Å². The van der Waals surface area contributed by atoms with E-state index in [-0.39, 0.29) is 16.1 Å². The average Bonchev–Trinajstić information content (AvgIpc) is 2.89. The highest BCUT2D eigenvalue weighted by Gasteiger charge is 2.26. The van der Waals surface area contributed by atoms with Gasteiger partial charge in [0, 0.05) is 25.0 Å². The Morgan fingerprint density at radius 1 is 1.09 bits per heavy atom. The fourth-order valence-electron chi connectivity index (χ4n) is 3.82. The Morgan fingerprint density at radius 3 is 2.40 bits per heavy atom. The minimum absolute atomic E-state index is 0.108. The number of rotatable bonds is 7. The minimum atomic E-state index is -3.59. The van der Waals surface area contributed by atoms with Gasteiger partial charge in [0.2, 0.25) is 10.0 Å². The van der Waals surface area contributed by atoms with E-state index in [1.165, 1.54) is 21.1 Å². The summed E-state index contributed by atoms with van der Waals surface area (Å²) in [5, 5.41) is 9.30. The van der Waals surface area contributed by atoms with Gasteiger partial charge in [0.25, 0.3) is 11.5 Å². The van der Waals surface area contributed by atoms with Crippen molar-refractivity contribution in [1.82, 2.24) is 19.5 Å². The first-order valence-electron chi connectivity index (χ1n) is 11.4. The molecule has 0 unspecified atom stereocenters. The molecule has 0 saturated carbocycles. The molecule has 2 aromatic carbocycles.